The topological polar surface area (TPSA) is 225 Å². The van der Waals surface area contributed by atoms with Crippen LogP contribution in [0.3, 0.4) is 0 Å². The van der Waals surface area contributed by atoms with Gasteiger partial charge in [0.15, 0.2) is 0 Å². The van der Waals surface area contributed by atoms with Crippen molar-refractivity contribution in [3.8, 4) is 0 Å². The van der Waals surface area contributed by atoms with Crippen molar-refractivity contribution in [1.29, 1.82) is 0 Å². The van der Waals surface area contributed by atoms with Crippen LogP contribution in [0, 0.1) is 11.8 Å². The smallest absolute Gasteiger partial charge is 0.305 e. The Balaban J connectivity index is 1.34. The molecule has 0 aliphatic carbocycles. The summed E-state index contributed by atoms with van der Waals surface area (Å²) in [4.78, 5) is 69.6. The van der Waals surface area contributed by atoms with Gasteiger partial charge in [-0.25, -0.2) is 15.0 Å². The predicted octanol–water partition coefficient (Wildman–Crippen LogP) is 4.19. The van der Waals surface area contributed by atoms with Gasteiger partial charge >= 0.3 is 5.97 Å². The number of carbonyl (C=O) groups is 3. The highest BCUT2D eigenvalue weighted by Crippen LogP contribution is 2.44. The third-order valence-corrected chi connectivity index (χ3v) is 12.1. The van der Waals surface area contributed by atoms with Gasteiger partial charge in [-0.2, -0.15) is 0 Å². The number of ether oxygens (including phenoxy) is 3. The van der Waals surface area contributed by atoms with E-state index in [1.807, 2.05) is 45.9 Å². The van der Waals surface area contributed by atoms with Crippen LogP contribution in [0.25, 0.3) is 10.4 Å². The van der Waals surface area contributed by atoms with Gasteiger partial charge in [-0.05, 0) is 79.7 Å². The Bertz CT molecular complexity index is 2300. The molecule has 0 saturated carbocycles. The molecule has 0 aromatic carbocycles. The van der Waals surface area contributed by atoms with Crippen molar-refractivity contribution in [2.45, 2.75) is 53.9 Å². The fourth-order valence-electron chi connectivity index (χ4n) is 8.56. The van der Waals surface area contributed by atoms with Gasteiger partial charge in [-0.3, -0.25) is 34.5 Å². The molecule has 62 heavy (non-hydrogen) atoms. The molecular weight excluding hydrogens is 797 g/mol. The van der Waals surface area contributed by atoms with Crippen LogP contribution in [0.15, 0.2) is 112 Å². The molecule has 0 spiro atoms. The molecule has 2 atom stereocenters. The number of aliphatic imine (C=N–C) groups is 3. The summed E-state index contributed by atoms with van der Waals surface area (Å²) >= 11 is 0. The number of amides is 2. The van der Waals surface area contributed by atoms with Crippen LogP contribution in [0.5, 0.6) is 0 Å². The fourth-order valence-corrected chi connectivity index (χ4v) is 8.56. The summed E-state index contributed by atoms with van der Waals surface area (Å²) in [6, 6.07) is 0. The van der Waals surface area contributed by atoms with Gasteiger partial charge in [0.2, 0.25) is 0 Å². The van der Waals surface area contributed by atoms with Crippen LogP contribution in [0.4, 0.5) is 0 Å². The number of hydrogen-bond donors (Lipinski definition) is 3. The molecule has 7 rings (SSSR count). The van der Waals surface area contributed by atoms with Crippen LogP contribution in [-0.4, -0.2) is 129 Å². The number of aliphatic hydroxyl groups is 1. The minimum absolute atomic E-state index is 0.0360. The summed E-state index contributed by atoms with van der Waals surface area (Å²) < 4.78 is 16.2. The summed E-state index contributed by atoms with van der Waals surface area (Å²) in [6.45, 7) is 13.9. The summed E-state index contributed by atoms with van der Waals surface area (Å²) in [5, 5.41) is 16.4. The number of likely N-dealkylation sites (tertiary alicyclic amines) is 1. The molecule has 0 radical (unpaired) electrons. The minimum atomic E-state index is -0.463. The van der Waals surface area contributed by atoms with Crippen LogP contribution in [0.2, 0.25) is 0 Å². The van der Waals surface area contributed by atoms with Crippen molar-refractivity contribution < 1.29 is 38.5 Å². The minimum Gasteiger partial charge on any atom is -0.463 e. The Kier molecular flexibility index (Phi) is 14.3. The highest BCUT2D eigenvalue weighted by atomic mass is 16.7. The molecule has 8 bridgehead atoms. The third kappa shape index (κ3) is 9.21. The number of hydrogen-bond acceptors (Lipinski definition) is 15. The average Bonchev–Trinajstić information content (AvgIpc) is 3.95. The first kappa shape index (κ1) is 44.3. The van der Waals surface area contributed by atoms with E-state index >= 15 is 0 Å². The number of esters is 1. The highest BCUT2D eigenvalue weighted by Gasteiger charge is 2.47. The Labute approximate surface area is 360 Å². The van der Waals surface area contributed by atoms with E-state index < -0.39 is 17.8 Å². The van der Waals surface area contributed by atoms with Gasteiger partial charge in [-0.1, -0.05) is 19.0 Å². The molecule has 328 valence electrons. The van der Waals surface area contributed by atoms with Crippen molar-refractivity contribution in [2.24, 2.45) is 31.9 Å². The van der Waals surface area contributed by atoms with Crippen molar-refractivity contribution in [2.75, 3.05) is 79.0 Å². The van der Waals surface area contributed by atoms with E-state index in [-0.39, 0.29) is 64.4 Å². The molecule has 3 N–H and O–H groups in total. The number of fused-ring (bicyclic) bond motifs is 5. The molecule has 0 unspecified atom stereocenters. The maximum atomic E-state index is 15.0. The van der Waals surface area contributed by atoms with Crippen LogP contribution in [0.1, 0.15) is 53.9 Å². The van der Waals surface area contributed by atoms with E-state index in [0.717, 1.165) is 33.7 Å². The Hall–Kier alpha value is -5.75. The number of rotatable bonds is 17. The number of morpholine rings is 1. The van der Waals surface area contributed by atoms with E-state index in [2.05, 4.69) is 32.6 Å². The number of hydroxylamine groups is 1. The summed E-state index contributed by atoms with van der Waals surface area (Å²) in [5.74, 6) is -1.92. The van der Waals surface area contributed by atoms with Gasteiger partial charge in [-0.15, -0.1) is 0 Å². The number of aliphatic hydroxyl groups excluding tert-OH is 1. The maximum Gasteiger partial charge on any atom is 0.305 e. The van der Waals surface area contributed by atoms with Crippen LogP contribution < -0.4 is 10.8 Å². The molecule has 7 aliphatic rings. The van der Waals surface area contributed by atoms with Gasteiger partial charge in [0, 0.05) is 79.1 Å². The molecule has 2 amide bonds. The maximum absolute atomic E-state index is 15.0. The summed E-state index contributed by atoms with van der Waals surface area (Å²) in [7, 11) is 0. The van der Waals surface area contributed by atoms with Gasteiger partial charge in [0.1, 0.15) is 6.61 Å². The molecule has 3 fully saturated rings. The molecule has 0 aromatic rings. The number of piperidine rings is 1. The lowest BCUT2D eigenvalue weighted by molar-refractivity contribution is -0.145. The Morgan fingerprint density at radius 2 is 1.76 bits per heavy atom. The largest absolute Gasteiger partial charge is 0.463 e. The number of nitrogens with one attached hydrogen (secondary N) is 2. The van der Waals surface area contributed by atoms with Crippen LogP contribution >= 0.6 is 0 Å². The molecular formula is C44H54N10O8. The zero-order valence-corrected chi connectivity index (χ0v) is 36.0. The van der Waals surface area contributed by atoms with E-state index in [4.69, 9.17) is 39.6 Å². The standard InChI is InChI=1S/C44H54N10O8/c1-6-29-25(2)33-22-37-31(24-47-62-20-19-59-15-9-46-52-45)27(4)32(49-37)21-34-26(3)30(7-8-38(56)61-18-14-55)41(50-34)40-42-39(28(5)35(51-42)23-36(29)48-33)43(57)54(44(40)58)11-10-53-12-16-60-17-13-53/h21-24,26,30,47,50,55H,6-20H2,1-5H3/t26-,30-/m0/s1. The normalized spacial score (nSPS) is 23.1. The molecule has 0 aromatic heterocycles. The van der Waals surface area contributed by atoms with E-state index in [1.54, 1.807) is 6.20 Å². The lowest BCUT2D eigenvalue weighted by atomic mass is 9.83. The number of allylic oxidation sites excluding steroid dienone is 10. The predicted molar refractivity (Wildman–Crippen MR) is 231 cm³/mol. The first-order valence-electron chi connectivity index (χ1n) is 21.2. The van der Waals surface area contributed by atoms with Crippen molar-refractivity contribution in [3.05, 3.63) is 102 Å². The highest BCUT2D eigenvalue weighted by molar-refractivity contribution is 6.45. The zero-order chi connectivity index (χ0) is 43.9. The van der Waals surface area contributed by atoms with Crippen LogP contribution in [-0.2, 0) is 33.4 Å². The molecule has 3 saturated heterocycles. The SMILES string of the molecule is CCC1=C(C)C2=CC3=NC(=C(C)C3=CNOCCOCCN=[N+]=[N-])C=C3NC(=C4C(=O)N(CCN5CCOCC5)C(=O)C5=C(C)C(=CC1=N2)N=C54)[C@@H](CCC(=O)OCCO)[C@@H]3C. The Morgan fingerprint density at radius 3 is 2.52 bits per heavy atom. The van der Waals surface area contributed by atoms with Crippen molar-refractivity contribution in [3.63, 3.8) is 0 Å². The van der Waals surface area contributed by atoms with E-state index in [9.17, 15) is 19.5 Å². The lowest BCUT2D eigenvalue weighted by Gasteiger charge is -2.33. The monoisotopic (exact) mass is 850 g/mol. The summed E-state index contributed by atoms with van der Waals surface area (Å²) in [6.07, 6.45) is 8.62. The quantitative estimate of drug-likeness (QED) is 0.0358. The summed E-state index contributed by atoms with van der Waals surface area (Å²) in [5.41, 5.74) is 21.3. The van der Waals surface area contributed by atoms with E-state index in [1.165, 1.54) is 4.90 Å². The number of azide groups is 1. The second-order valence-corrected chi connectivity index (χ2v) is 15.7. The fraction of sp³-hybridized carbons (Fsp3) is 0.500. The molecule has 18 heteroatoms. The van der Waals surface area contributed by atoms with Gasteiger partial charge in [0.05, 0.1) is 85.0 Å². The van der Waals surface area contributed by atoms with Gasteiger partial charge < -0.3 is 24.6 Å². The van der Waals surface area contributed by atoms with Gasteiger partial charge in [0.25, 0.3) is 11.8 Å². The first-order valence-corrected chi connectivity index (χ1v) is 21.2. The van der Waals surface area contributed by atoms with Crippen molar-refractivity contribution in [1.82, 2.24) is 20.6 Å². The third-order valence-electron chi connectivity index (χ3n) is 12.1. The number of carbonyl (C=O) groups excluding carboxylic acids is 3. The second-order valence-electron chi connectivity index (χ2n) is 15.7. The molecule has 18 nitrogen and oxygen atoms in total. The number of imide groups is 1. The molecule has 7 heterocycles. The first-order chi connectivity index (χ1) is 30.1. The van der Waals surface area contributed by atoms with Crippen molar-refractivity contribution >= 4 is 34.9 Å². The molecule has 7 aliphatic heterocycles. The van der Waals surface area contributed by atoms with E-state index in [0.29, 0.717) is 96.6 Å². The lowest BCUT2D eigenvalue weighted by Crippen LogP contribution is -2.51. The zero-order valence-electron chi connectivity index (χ0n) is 36.0. The number of nitrogens with zero attached hydrogens (tertiary/aromatic N) is 8. The average molecular weight is 851 g/mol. The second kappa shape index (κ2) is 20.0. The Morgan fingerprint density at radius 1 is 1.00 bits per heavy atom.